The molecule has 3 aromatic rings. The van der Waals surface area contributed by atoms with Crippen LogP contribution in [0.4, 0.5) is 0 Å². The van der Waals surface area contributed by atoms with Crippen molar-refractivity contribution in [2.45, 2.75) is 19.3 Å². The number of aryl methyl sites for hydroxylation is 1. The van der Waals surface area contributed by atoms with Gasteiger partial charge in [-0.1, -0.05) is 18.2 Å². The second kappa shape index (κ2) is 5.65. The molecule has 5 rings (SSSR count). The fourth-order valence-corrected chi connectivity index (χ4v) is 4.28. The number of rotatable bonds is 1. The minimum atomic E-state index is -0.661. The molecule has 0 fully saturated rings. The first-order valence-corrected chi connectivity index (χ1v) is 8.33. The third kappa shape index (κ3) is 1.88. The molecule has 1 aromatic heterocycles. The van der Waals surface area contributed by atoms with Crippen LogP contribution in [-0.4, -0.2) is 34.2 Å². The van der Waals surface area contributed by atoms with Crippen LogP contribution in [0.1, 0.15) is 38.3 Å². The van der Waals surface area contributed by atoms with Crippen molar-refractivity contribution in [1.82, 2.24) is 9.88 Å². The maximum Gasteiger partial charge on any atom is 0.269 e. The van der Waals surface area contributed by atoms with Crippen LogP contribution < -0.4 is 5.73 Å². The summed E-state index contributed by atoms with van der Waals surface area (Å²) in [6.07, 6.45) is 2.54. The standard InChI is InChI=1S/C19H15N3O3.ClH/c20-8-13(23)22-18(24)15-9-5-3-6-10(9)17-14(16(15)19(22)25)11-4-1-2-7-12(11)21-17;/h1-2,4,7,21H,3,5-6,8,20H2;1H. The van der Waals surface area contributed by atoms with Crippen LogP contribution in [0.15, 0.2) is 24.3 Å². The molecule has 0 radical (unpaired) electrons. The second-order valence-corrected chi connectivity index (χ2v) is 6.52. The molecule has 2 aromatic carbocycles. The van der Waals surface area contributed by atoms with Gasteiger partial charge in [0, 0.05) is 16.3 Å². The highest BCUT2D eigenvalue weighted by Gasteiger charge is 2.44. The lowest BCUT2D eigenvalue weighted by Crippen LogP contribution is -2.40. The maximum atomic E-state index is 13.0. The van der Waals surface area contributed by atoms with Gasteiger partial charge in [0.15, 0.2) is 0 Å². The Balaban J connectivity index is 0.00000168. The number of H-pyrrole nitrogens is 1. The Morgan fingerprint density at radius 1 is 1.08 bits per heavy atom. The van der Waals surface area contributed by atoms with Crippen molar-refractivity contribution >= 4 is 51.9 Å². The van der Waals surface area contributed by atoms with Gasteiger partial charge in [0.2, 0.25) is 5.91 Å². The van der Waals surface area contributed by atoms with Crippen molar-refractivity contribution in [3.05, 3.63) is 46.5 Å². The number of amides is 3. The zero-order valence-corrected chi connectivity index (χ0v) is 14.6. The zero-order chi connectivity index (χ0) is 17.3. The van der Waals surface area contributed by atoms with Crippen molar-refractivity contribution in [2.75, 3.05) is 6.54 Å². The summed E-state index contributed by atoms with van der Waals surface area (Å²) in [5.41, 5.74) is 9.98. The number of hydrogen-bond acceptors (Lipinski definition) is 4. The molecule has 2 heterocycles. The highest BCUT2D eigenvalue weighted by molar-refractivity contribution is 6.35. The van der Waals surface area contributed by atoms with E-state index in [-0.39, 0.29) is 19.0 Å². The van der Waals surface area contributed by atoms with Crippen molar-refractivity contribution in [3.8, 4) is 0 Å². The number of nitrogens with zero attached hydrogens (tertiary/aromatic N) is 1. The van der Waals surface area contributed by atoms with E-state index in [1.165, 1.54) is 0 Å². The summed E-state index contributed by atoms with van der Waals surface area (Å²) in [6.45, 7) is -0.370. The van der Waals surface area contributed by atoms with E-state index >= 15 is 0 Å². The maximum absolute atomic E-state index is 13.0. The molecule has 2 aliphatic rings. The third-order valence-corrected chi connectivity index (χ3v) is 5.29. The first-order valence-electron chi connectivity index (χ1n) is 8.33. The monoisotopic (exact) mass is 369 g/mol. The lowest BCUT2D eigenvalue weighted by molar-refractivity contribution is -0.124. The van der Waals surface area contributed by atoms with Gasteiger partial charge in [0.05, 0.1) is 23.2 Å². The Morgan fingerprint density at radius 2 is 1.77 bits per heavy atom. The van der Waals surface area contributed by atoms with Gasteiger partial charge < -0.3 is 10.7 Å². The van der Waals surface area contributed by atoms with Crippen molar-refractivity contribution < 1.29 is 14.4 Å². The van der Waals surface area contributed by atoms with Crippen LogP contribution in [0.5, 0.6) is 0 Å². The molecule has 0 saturated carbocycles. The molecule has 0 spiro atoms. The Bertz CT molecular complexity index is 1130. The number of aromatic nitrogens is 1. The third-order valence-electron chi connectivity index (χ3n) is 5.29. The smallest absolute Gasteiger partial charge is 0.269 e. The molecular formula is C19H16ClN3O3. The van der Waals surface area contributed by atoms with Crippen LogP contribution in [0, 0.1) is 0 Å². The SMILES string of the molecule is Cl.NCC(=O)N1C(=O)c2c3c(c4[nH]c5ccccc5c4c2C1=O)CCC3. The summed E-state index contributed by atoms with van der Waals surface area (Å²) in [5, 5.41) is 1.64. The number of nitrogens with two attached hydrogens (primary N) is 1. The molecule has 0 atom stereocenters. The van der Waals surface area contributed by atoms with Gasteiger partial charge in [-0.15, -0.1) is 12.4 Å². The van der Waals surface area contributed by atoms with Gasteiger partial charge >= 0.3 is 0 Å². The van der Waals surface area contributed by atoms with E-state index in [0.29, 0.717) is 16.0 Å². The summed E-state index contributed by atoms with van der Waals surface area (Å²) in [5.74, 6) is -1.74. The molecule has 0 unspecified atom stereocenters. The summed E-state index contributed by atoms with van der Waals surface area (Å²) in [6, 6.07) is 7.71. The van der Waals surface area contributed by atoms with Gasteiger partial charge in [-0.2, -0.15) is 0 Å². The molecular weight excluding hydrogens is 354 g/mol. The molecule has 1 aliphatic heterocycles. The normalized spacial score (nSPS) is 15.5. The quantitative estimate of drug-likeness (QED) is 0.643. The topological polar surface area (TPSA) is 96.3 Å². The van der Waals surface area contributed by atoms with E-state index in [4.69, 9.17) is 5.73 Å². The summed E-state index contributed by atoms with van der Waals surface area (Å²) >= 11 is 0. The molecule has 0 saturated heterocycles. The summed E-state index contributed by atoms with van der Waals surface area (Å²) < 4.78 is 0. The number of benzene rings is 2. The number of carbonyl (C=O) groups is 3. The Hall–Kier alpha value is -2.70. The highest BCUT2D eigenvalue weighted by atomic mass is 35.5. The molecule has 3 N–H and O–H groups in total. The molecule has 0 bridgehead atoms. The number of para-hydroxylation sites is 1. The lowest BCUT2D eigenvalue weighted by atomic mass is 9.94. The van der Waals surface area contributed by atoms with Crippen molar-refractivity contribution in [2.24, 2.45) is 5.73 Å². The van der Waals surface area contributed by atoms with Crippen LogP contribution in [0.25, 0.3) is 21.8 Å². The highest BCUT2D eigenvalue weighted by Crippen LogP contribution is 2.42. The average Bonchev–Trinajstić information content (AvgIpc) is 3.29. The molecule has 6 nitrogen and oxygen atoms in total. The fourth-order valence-electron chi connectivity index (χ4n) is 4.28. The van der Waals surface area contributed by atoms with Gasteiger partial charge in [-0.3, -0.25) is 14.4 Å². The number of carbonyl (C=O) groups excluding carboxylic acids is 3. The predicted octanol–water partition coefficient (Wildman–Crippen LogP) is 2.31. The van der Waals surface area contributed by atoms with Gasteiger partial charge in [0.25, 0.3) is 11.8 Å². The zero-order valence-electron chi connectivity index (χ0n) is 13.8. The number of hydrogen-bond donors (Lipinski definition) is 2. The minimum Gasteiger partial charge on any atom is -0.354 e. The predicted molar refractivity (Wildman–Crippen MR) is 99.6 cm³/mol. The van der Waals surface area contributed by atoms with E-state index < -0.39 is 17.7 Å². The van der Waals surface area contributed by atoms with E-state index in [0.717, 1.165) is 52.2 Å². The van der Waals surface area contributed by atoms with Crippen LogP contribution in [0.2, 0.25) is 0 Å². The van der Waals surface area contributed by atoms with Crippen LogP contribution in [0.3, 0.4) is 0 Å². The second-order valence-electron chi connectivity index (χ2n) is 6.52. The minimum absolute atomic E-state index is 0. The fraction of sp³-hybridized carbons (Fsp3) is 0.211. The van der Waals surface area contributed by atoms with E-state index in [1.54, 1.807) is 0 Å². The van der Waals surface area contributed by atoms with E-state index in [2.05, 4.69) is 4.98 Å². The van der Waals surface area contributed by atoms with Crippen molar-refractivity contribution in [3.63, 3.8) is 0 Å². The summed E-state index contributed by atoms with van der Waals surface area (Å²) in [4.78, 5) is 42.1. The molecule has 3 amide bonds. The Labute approximate surface area is 154 Å². The molecule has 7 heteroatoms. The largest absolute Gasteiger partial charge is 0.354 e. The molecule has 132 valence electrons. The number of fused-ring (bicyclic) bond motifs is 8. The molecule has 26 heavy (non-hydrogen) atoms. The number of halogens is 1. The van der Waals surface area contributed by atoms with Crippen LogP contribution in [-0.2, 0) is 17.6 Å². The lowest BCUT2D eigenvalue weighted by Gasteiger charge is -2.09. The first kappa shape index (κ1) is 16.8. The van der Waals surface area contributed by atoms with E-state index in [9.17, 15) is 14.4 Å². The summed E-state index contributed by atoms with van der Waals surface area (Å²) in [7, 11) is 0. The Kier molecular flexibility index (Phi) is 3.64. The first-order chi connectivity index (χ1) is 12.1. The number of nitrogens with one attached hydrogen (secondary N) is 1. The number of aromatic amines is 1. The van der Waals surface area contributed by atoms with Gasteiger partial charge in [0.1, 0.15) is 0 Å². The van der Waals surface area contributed by atoms with Gasteiger partial charge in [-0.05, 0) is 36.5 Å². The number of imide groups is 3. The van der Waals surface area contributed by atoms with Crippen molar-refractivity contribution in [1.29, 1.82) is 0 Å². The Morgan fingerprint density at radius 3 is 2.54 bits per heavy atom. The van der Waals surface area contributed by atoms with Gasteiger partial charge in [-0.25, -0.2) is 4.90 Å². The molecule has 1 aliphatic carbocycles. The van der Waals surface area contributed by atoms with Crippen LogP contribution >= 0.6 is 12.4 Å². The van der Waals surface area contributed by atoms with E-state index in [1.807, 2.05) is 24.3 Å². The average molecular weight is 370 g/mol.